The quantitative estimate of drug-likeness (QED) is 0.849. The Morgan fingerprint density at radius 2 is 1.77 bits per heavy atom. The van der Waals surface area contributed by atoms with Crippen LogP contribution in [0, 0.1) is 0 Å². The molecule has 1 heterocycles. The van der Waals surface area contributed by atoms with Crippen molar-refractivity contribution in [2.24, 2.45) is 0 Å². The number of fused-ring (bicyclic) bond motifs is 1. The lowest BCUT2D eigenvalue weighted by molar-refractivity contribution is 0.0785. The minimum Gasteiger partial charge on any atom is -0.454 e. The van der Waals surface area contributed by atoms with Crippen molar-refractivity contribution in [3.63, 3.8) is 0 Å². The summed E-state index contributed by atoms with van der Waals surface area (Å²) in [5.74, 6) is 1.27. The van der Waals surface area contributed by atoms with E-state index in [4.69, 9.17) is 32.7 Å². The molecule has 6 heteroatoms. The van der Waals surface area contributed by atoms with Crippen LogP contribution in [0.3, 0.4) is 0 Å². The number of nitrogens with zero attached hydrogens (tertiary/aromatic N) is 1. The number of carbonyl (C=O) groups is 1. The third-order valence-corrected chi connectivity index (χ3v) is 3.75. The molecule has 2 aromatic carbocycles. The van der Waals surface area contributed by atoms with Gasteiger partial charge in [0.25, 0.3) is 5.91 Å². The van der Waals surface area contributed by atoms with Crippen LogP contribution in [-0.2, 0) is 6.54 Å². The van der Waals surface area contributed by atoms with Gasteiger partial charge in [0.15, 0.2) is 11.5 Å². The Hall–Kier alpha value is -1.91. The molecule has 0 aliphatic carbocycles. The van der Waals surface area contributed by atoms with Gasteiger partial charge in [0, 0.05) is 29.2 Å². The van der Waals surface area contributed by atoms with E-state index in [1.54, 1.807) is 30.1 Å². The maximum absolute atomic E-state index is 12.4. The lowest BCUT2D eigenvalue weighted by Crippen LogP contribution is -2.26. The van der Waals surface area contributed by atoms with Crippen LogP contribution >= 0.6 is 23.2 Å². The maximum Gasteiger partial charge on any atom is 0.253 e. The highest BCUT2D eigenvalue weighted by Gasteiger charge is 2.17. The molecular formula is C16H13Cl2NO3. The first-order chi connectivity index (χ1) is 10.5. The molecule has 1 amide bonds. The number of hydrogen-bond acceptors (Lipinski definition) is 3. The van der Waals surface area contributed by atoms with E-state index < -0.39 is 0 Å². The zero-order valence-electron chi connectivity index (χ0n) is 11.8. The van der Waals surface area contributed by atoms with E-state index in [0.29, 0.717) is 27.9 Å². The summed E-state index contributed by atoms with van der Waals surface area (Å²) in [6.07, 6.45) is 0. The topological polar surface area (TPSA) is 38.8 Å². The molecule has 0 N–H and O–H groups in total. The van der Waals surface area contributed by atoms with E-state index >= 15 is 0 Å². The van der Waals surface area contributed by atoms with Gasteiger partial charge in [-0.25, -0.2) is 0 Å². The fourth-order valence-electron chi connectivity index (χ4n) is 2.28. The van der Waals surface area contributed by atoms with Gasteiger partial charge in [-0.2, -0.15) is 0 Å². The second-order valence-corrected chi connectivity index (χ2v) is 5.88. The van der Waals surface area contributed by atoms with Crippen molar-refractivity contribution in [3.05, 3.63) is 57.6 Å². The molecule has 3 rings (SSSR count). The van der Waals surface area contributed by atoms with Crippen molar-refractivity contribution in [1.82, 2.24) is 4.90 Å². The number of hydrogen-bond donors (Lipinski definition) is 0. The molecule has 114 valence electrons. The molecule has 1 aliphatic heterocycles. The summed E-state index contributed by atoms with van der Waals surface area (Å²) in [5, 5.41) is 0.875. The maximum atomic E-state index is 12.4. The number of carbonyl (C=O) groups excluding carboxylic acids is 1. The fourth-order valence-corrected chi connectivity index (χ4v) is 2.81. The summed E-state index contributed by atoms with van der Waals surface area (Å²) >= 11 is 11.9. The van der Waals surface area contributed by atoms with E-state index in [1.807, 2.05) is 18.2 Å². The molecule has 0 radical (unpaired) electrons. The molecule has 0 saturated carbocycles. The van der Waals surface area contributed by atoms with Crippen molar-refractivity contribution < 1.29 is 14.3 Å². The molecule has 0 fully saturated rings. The van der Waals surface area contributed by atoms with Crippen molar-refractivity contribution in [3.8, 4) is 11.5 Å². The molecule has 0 atom stereocenters. The van der Waals surface area contributed by atoms with E-state index in [9.17, 15) is 4.79 Å². The van der Waals surface area contributed by atoms with Gasteiger partial charge in [0.05, 0.1) is 0 Å². The normalized spacial score (nSPS) is 12.3. The lowest BCUT2D eigenvalue weighted by Gasteiger charge is -2.18. The summed E-state index contributed by atoms with van der Waals surface area (Å²) in [7, 11) is 1.72. The van der Waals surface area contributed by atoms with E-state index in [2.05, 4.69) is 0 Å². The number of ether oxygens (including phenoxy) is 2. The Morgan fingerprint density at radius 3 is 2.50 bits per heavy atom. The highest BCUT2D eigenvalue weighted by atomic mass is 35.5. The third kappa shape index (κ3) is 3.13. The van der Waals surface area contributed by atoms with Crippen molar-refractivity contribution in [2.75, 3.05) is 13.8 Å². The Morgan fingerprint density at radius 1 is 1.09 bits per heavy atom. The number of rotatable bonds is 3. The predicted octanol–water partition coefficient (Wildman–Crippen LogP) is 3.99. The zero-order chi connectivity index (χ0) is 15.7. The first kappa shape index (κ1) is 15.0. The number of amides is 1. The van der Waals surface area contributed by atoms with Gasteiger partial charge in [-0.1, -0.05) is 29.3 Å². The summed E-state index contributed by atoms with van der Waals surface area (Å²) in [5.41, 5.74) is 1.41. The molecule has 0 aromatic heterocycles. The van der Waals surface area contributed by atoms with Crippen LogP contribution in [0.25, 0.3) is 0 Å². The first-order valence-electron chi connectivity index (χ1n) is 6.63. The third-order valence-electron chi connectivity index (χ3n) is 3.31. The Bertz CT molecular complexity index is 713. The van der Waals surface area contributed by atoms with Crippen LogP contribution < -0.4 is 9.47 Å². The molecule has 0 unspecified atom stereocenters. The highest BCUT2D eigenvalue weighted by Crippen LogP contribution is 2.32. The number of halogens is 2. The lowest BCUT2D eigenvalue weighted by atomic mass is 10.1. The zero-order valence-corrected chi connectivity index (χ0v) is 13.3. The molecular weight excluding hydrogens is 325 g/mol. The summed E-state index contributed by atoms with van der Waals surface area (Å²) in [4.78, 5) is 14.0. The van der Waals surface area contributed by atoms with E-state index in [0.717, 1.165) is 11.3 Å². The van der Waals surface area contributed by atoms with Gasteiger partial charge in [0.2, 0.25) is 6.79 Å². The monoisotopic (exact) mass is 337 g/mol. The molecule has 4 nitrogen and oxygen atoms in total. The SMILES string of the molecule is CN(Cc1ccc2c(c1)OCO2)C(=O)c1cc(Cl)cc(Cl)c1. The molecule has 2 aromatic rings. The second-order valence-electron chi connectivity index (χ2n) is 5.01. The molecule has 1 aliphatic rings. The average Bonchev–Trinajstić information content (AvgIpc) is 2.93. The fraction of sp³-hybridized carbons (Fsp3) is 0.188. The molecule has 0 saturated heterocycles. The molecule has 0 spiro atoms. The van der Waals surface area contributed by atoms with Gasteiger partial charge in [0.1, 0.15) is 0 Å². The minimum absolute atomic E-state index is 0.151. The first-order valence-corrected chi connectivity index (χ1v) is 7.38. The van der Waals surface area contributed by atoms with E-state index in [1.165, 1.54) is 0 Å². The molecule has 22 heavy (non-hydrogen) atoms. The van der Waals surface area contributed by atoms with Gasteiger partial charge >= 0.3 is 0 Å². The van der Waals surface area contributed by atoms with Crippen LogP contribution in [0.5, 0.6) is 11.5 Å². The smallest absolute Gasteiger partial charge is 0.253 e. The van der Waals surface area contributed by atoms with E-state index in [-0.39, 0.29) is 12.7 Å². The van der Waals surface area contributed by atoms with Crippen molar-refractivity contribution >= 4 is 29.1 Å². The van der Waals surface area contributed by atoms with Gasteiger partial charge in [-0.3, -0.25) is 4.79 Å². The van der Waals surface area contributed by atoms with Crippen molar-refractivity contribution in [1.29, 1.82) is 0 Å². The van der Waals surface area contributed by atoms with Gasteiger partial charge in [-0.05, 0) is 35.9 Å². The van der Waals surface area contributed by atoms with Gasteiger partial charge in [-0.15, -0.1) is 0 Å². The Kier molecular flexibility index (Phi) is 4.14. The number of benzene rings is 2. The summed E-state index contributed by atoms with van der Waals surface area (Å²) in [6, 6.07) is 10.4. The van der Waals surface area contributed by atoms with Crippen LogP contribution in [0.15, 0.2) is 36.4 Å². The second kappa shape index (κ2) is 6.07. The predicted molar refractivity (Wildman–Crippen MR) is 84.8 cm³/mol. The molecule has 0 bridgehead atoms. The van der Waals surface area contributed by atoms with Crippen LogP contribution in [0.2, 0.25) is 10.0 Å². The minimum atomic E-state index is -0.151. The van der Waals surface area contributed by atoms with Crippen LogP contribution in [0.4, 0.5) is 0 Å². The van der Waals surface area contributed by atoms with Crippen LogP contribution in [-0.4, -0.2) is 24.6 Å². The van der Waals surface area contributed by atoms with Gasteiger partial charge < -0.3 is 14.4 Å². The summed E-state index contributed by atoms with van der Waals surface area (Å²) in [6.45, 7) is 0.675. The average molecular weight is 338 g/mol. The highest BCUT2D eigenvalue weighted by molar-refractivity contribution is 6.35. The Labute approximate surface area is 138 Å². The standard InChI is InChI=1S/C16H13Cl2NO3/c1-19(16(20)11-5-12(17)7-13(18)6-11)8-10-2-3-14-15(4-10)22-9-21-14/h2-7H,8-9H2,1H3. The Balaban J connectivity index is 1.76. The largest absolute Gasteiger partial charge is 0.454 e. The summed E-state index contributed by atoms with van der Waals surface area (Å²) < 4.78 is 10.6. The van der Waals surface area contributed by atoms with Crippen molar-refractivity contribution in [2.45, 2.75) is 6.54 Å². The van der Waals surface area contributed by atoms with Crippen LogP contribution in [0.1, 0.15) is 15.9 Å².